The summed E-state index contributed by atoms with van der Waals surface area (Å²) in [7, 11) is 3.04. The summed E-state index contributed by atoms with van der Waals surface area (Å²) in [6, 6.07) is 5.21. The summed E-state index contributed by atoms with van der Waals surface area (Å²) in [5, 5.41) is 2.69. The van der Waals surface area contributed by atoms with Crippen LogP contribution in [0.1, 0.15) is 6.92 Å². The maximum Gasteiger partial charge on any atom is 0.250 e. The second kappa shape index (κ2) is 6.75. The van der Waals surface area contributed by atoms with Gasteiger partial charge in [0.05, 0.1) is 13.7 Å². The molecular weight excluding hydrogens is 222 g/mol. The Morgan fingerprint density at radius 1 is 1.29 bits per heavy atom. The first-order chi connectivity index (χ1) is 8.21. The summed E-state index contributed by atoms with van der Waals surface area (Å²) in [5.74, 6) is 1.03. The van der Waals surface area contributed by atoms with Gasteiger partial charge in [0, 0.05) is 18.9 Å². The third kappa shape index (κ3) is 3.96. The number of hydrogen-bond donors (Lipinski definition) is 1. The maximum absolute atomic E-state index is 11.3. The van der Waals surface area contributed by atoms with Gasteiger partial charge in [-0.1, -0.05) is 0 Å². The highest BCUT2D eigenvalue weighted by molar-refractivity contribution is 5.92. The normalized spacial score (nSPS) is 9.82. The number of carbonyl (C=O) groups is 1. The predicted octanol–water partition coefficient (Wildman–Crippen LogP) is 1.68. The van der Waals surface area contributed by atoms with Crippen molar-refractivity contribution in [2.45, 2.75) is 6.92 Å². The number of nitrogens with one attached hydrogen (secondary N) is 1. The molecule has 5 nitrogen and oxygen atoms in total. The van der Waals surface area contributed by atoms with E-state index in [1.54, 1.807) is 25.3 Å². The molecule has 0 aliphatic rings. The molecule has 1 N–H and O–H groups in total. The molecule has 0 aliphatic carbocycles. The third-order valence-corrected chi connectivity index (χ3v) is 2.02. The van der Waals surface area contributed by atoms with Crippen molar-refractivity contribution in [3.05, 3.63) is 18.2 Å². The lowest BCUT2D eigenvalue weighted by Gasteiger charge is -2.11. The highest BCUT2D eigenvalue weighted by Crippen LogP contribution is 2.30. The highest BCUT2D eigenvalue weighted by atomic mass is 16.5. The zero-order valence-corrected chi connectivity index (χ0v) is 10.3. The summed E-state index contributed by atoms with van der Waals surface area (Å²) >= 11 is 0. The Kier molecular flexibility index (Phi) is 5.29. The van der Waals surface area contributed by atoms with Crippen molar-refractivity contribution in [2.24, 2.45) is 0 Å². The Bertz CT molecular complexity index is 379. The average molecular weight is 239 g/mol. The van der Waals surface area contributed by atoms with Crippen LogP contribution in [0.2, 0.25) is 0 Å². The van der Waals surface area contributed by atoms with Crippen molar-refractivity contribution >= 4 is 11.6 Å². The topological polar surface area (TPSA) is 56.8 Å². The molecule has 0 aliphatic heterocycles. The molecule has 0 unspecified atom stereocenters. The van der Waals surface area contributed by atoms with Crippen LogP contribution in [0.5, 0.6) is 11.5 Å². The largest absolute Gasteiger partial charge is 0.493 e. The van der Waals surface area contributed by atoms with Crippen LogP contribution in [0.15, 0.2) is 18.2 Å². The summed E-state index contributed by atoms with van der Waals surface area (Å²) < 4.78 is 15.3. The van der Waals surface area contributed by atoms with E-state index in [0.717, 1.165) is 0 Å². The fourth-order valence-electron chi connectivity index (χ4n) is 1.35. The standard InChI is InChI=1S/C12H17NO4/c1-4-17-11-7-9(5-6-10(11)16-3)13-12(14)8-15-2/h5-7H,4,8H2,1-3H3,(H,13,14). The Labute approximate surface area is 101 Å². The van der Waals surface area contributed by atoms with Crippen LogP contribution in [0.25, 0.3) is 0 Å². The van der Waals surface area contributed by atoms with E-state index >= 15 is 0 Å². The van der Waals surface area contributed by atoms with E-state index in [4.69, 9.17) is 14.2 Å². The molecule has 1 amide bonds. The summed E-state index contributed by atoms with van der Waals surface area (Å²) in [5.41, 5.74) is 0.649. The van der Waals surface area contributed by atoms with Gasteiger partial charge in [-0.2, -0.15) is 0 Å². The van der Waals surface area contributed by atoms with Crippen LogP contribution >= 0.6 is 0 Å². The number of anilines is 1. The van der Waals surface area contributed by atoms with Crippen LogP contribution in [0, 0.1) is 0 Å². The van der Waals surface area contributed by atoms with E-state index < -0.39 is 0 Å². The molecule has 1 rings (SSSR count). The number of hydrogen-bond acceptors (Lipinski definition) is 4. The van der Waals surface area contributed by atoms with E-state index in [9.17, 15) is 4.79 Å². The molecule has 0 aromatic heterocycles. The molecule has 1 aromatic rings. The van der Waals surface area contributed by atoms with Crippen molar-refractivity contribution in [1.82, 2.24) is 0 Å². The molecular formula is C12H17NO4. The monoisotopic (exact) mass is 239 g/mol. The summed E-state index contributed by atoms with van der Waals surface area (Å²) in [4.78, 5) is 11.3. The van der Waals surface area contributed by atoms with Gasteiger partial charge in [-0.05, 0) is 19.1 Å². The van der Waals surface area contributed by atoms with Gasteiger partial charge in [0.1, 0.15) is 6.61 Å². The van der Waals surface area contributed by atoms with E-state index in [-0.39, 0.29) is 12.5 Å². The average Bonchev–Trinajstić information content (AvgIpc) is 2.30. The smallest absolute Gasteiger partial charge is 0.250 e. The van der Waals surface area contributed by atoms with E-state index in [1.807, 2.05) is 6.92 Å². The molecule has 0 saturated heterocycles. The van der Waals surface area contributed by atoms with Crippen LogP contribution < -0.4 is 14.8 Å². The Morgan fingerprint density at radius 3 is 2.65 bits per heavy atom. The zero-order chi connectivity index (χ0) is 12.7. The van der Waals surface area contributed by atoms with Crippen molar-refractivity contribution in [3.8, 4) is 11.5 Å². The molecule has 94 valence electrons. The minimum atomic E-state index is -0.208. The Balaban J connectivity index is 2.80. The second-order valence-electron chi connectivity index (χ2n) is 3.28. The zero-order valence-electron chi connectivity index (χ0n) is 10.3. The molecule has 5 heteroatoms. The van der Waals surface area contributed by atoms with Crippen molar-refractivity contribution < 1.29 is 19.0 Å². The number of ether oxygens (including phenoxy) is 3. The van der Waals surface area contributed by atoms with Gasteiger partial charge in [0.15, 0.2) is 11.5 Å². The van der Waals surface area contributed by atoms with Gasteiger partial charge in [-0.25, -0.2) is 0 Å². The minimum Gasteiger partial charge on any atom is -0.493 e. The SMILES string of the molecule is CCOc1cc(NC(=O)COC)ccc1OC. The van der Waals surface area contributed by atoms with Crippen molar-refractivity contribution in [2.75, 3.05) is 32.8 Å². The first-order valence-corrected chi connectivity index (χ1v) is 5.30. The molecule has 0 radical (unpaired) electrons. The lowest BCUT2D eigenvalue weighted by molar-refractivity contribution is -0.119. The van der Waals surface area contributed by atoms with Gasteiger partial charge in [-0.15, -0.1) is 0 Å². The lowest BCUT2D eigenvalue weighted by atomic mass is 10.2. The molecule has 1 aromatic carbocycles. The van der Waals surface area contributed by atoms with Crippen LogP contribution in [-0.4, -0.2) is 33.3 Å². The van der Waals surface area contributed by atoms with Gasteiger partial charge in [0.25, 0.3) is 0 Å². The van der Waals surface area contributed by atoms with Crippen molar-refractivity contribution in [1.29, 1.82) is 0 Å². The fourth-order valence-corrected chi connectivity index (χ4v) is 1.35. The lowest BCUT2D eigenvalue weighted by Crippen LogP contribution is -2.17. The molecule has 0 spiro atoms. The van der Waals surface area contributed by atoms with Gasteiger partial charge in [-0.3, -0.25) is 4.79 Å². The summed E-state index contributed by atoms with van der Waals surface area (Å²) in [6.07, 6.45) is 0. The predicted molar refractivity (Wildman–Crippen MR) is 64.7 cm³/mol. The van der Waals surface area contributed by atoms with Crippen LogP contribution in [0.3, 0.4) is 0 Å². The maximum atomic E-state index is 11.3. The first kappa shape index (κ1) is 13.3. The minimum absolute atomic E-state index is 0.0238. The third-order valence-electron chi connectivity index (χ3n) is 2.02. The van der Waals surface area contributed by atoms with E-state index in [2.05, 4.69) is 5.32 Å². The summed E-state index contributed by atoms with van der Waals surface area (Å²) in [6.45, 7) is 2.44. The number of rotatable bonds is 6. The van der Waals surface area contributed by atoms with Crippen molar-refractivity contribution in [3.63, 3.8) is 0 Å². The number of carbonyl (C=O) groups excluding carboxylic acids is 1. The van der Waals surface area contributed by atoms with E-state index in [1.165, 1.54) is 7.11 Å². The first-order valence-electron chi connectivity index (χ1n) is 5.30. The second-order valence-corrected chi connectivity index (χ2v) is 3.28. The molecule has 17 heavy (non-hydrogen) atoms. The van der Waals surface area contributed by atoms with Gasteiger partial charge >= 0.3 is 0 Å². The number of methoxy groups -OCH3 is 2. The quantitative estimate of drug-likeness (QED) is 0.820. The van der Waals surface area contributed by atoms with Gasteiger partial charge < -0.3 is 19.5 Å². The van der Waals surface area contributed by atoms with Gasteiger partial charge in [0.2, 0.25) is 5.91 Å². The van der Waals surface area contributed by atoms with Crippen LogP contribution in [-0.2, 0) is 9.53 Å². The van der Waals surface area contributed by atoms with E-state index in [0.29, 0.717) is 23.8 Å². The van der Waals surface area contributed by atoms with Crippen LogP contribution in [0.4, 0.5) is 5.69 Å². The Hall–Kier alpha value is -1.75. The molecule has 0 bridgehead atoms. The molecule has 0 fully saturated rings. The Morgan fingerprint density at radius 2 is 2.06 bits per heavy atom. The molecule has 0 saturated carbocycles. The fraction of sp³-hybridized carbons (Fsp3) is 0.417. The molecule has 0 atom stereocenters. The molecule has 0 heterocycles. The highest BCUT2D eigenvalue weighted by Gasteiger charge is 2.07. The number of benzene rings is 1. The number of amides is 1.